The second-order valence-corrected chi connectivity index (χ2v) is 9.34. The van der Waals surface area contributed by atoms with E-state index in [9.17, 15) is 9.90 Å². The van der Waals surface area contributed by atoms with E-state index in [0.717, 1.165) is 30.6 Å². The van der Waals surface area contributed by atoms with Crippen molar-refractivity contribution in [3.8, 4) is 0 Å². The zero-order chi connectivity index (χ0) is 20.1. The van der Waals surface area contributed by atoms with Crippen LogP contribution >= 0.6 is 0 Å². The smallest absolute Gasteiger partial charge is 0.331 e. The molecule has 0 aliphatic heterocycles. The molecule has 1 aromatic rings. The second kappa shape index (κ2) is 9.76. The topological polar surface area (TPSA) is 37.3 Å². The summed E-state index contributed by atoms with van der Waals surface area (Å²) in [5.41, 5.74) is 4.73. The number of hydrogen-bond donors (Lipinski definition) is 1. The molecule has 0 atom stereocenters. The average molecular weight is 383 g/mol. The Morgan fingerprint density at radius 1 is 0.929 bits per heavy atom. The second-order valence-electron chi connectivity index (χ2n) is 9.34. The predicted molar refractivity (Wildman–Crippen MR) is 117 cm³/mol. The van der Waals surface area contributed by atoms with E-state index >= 15 is 0 Å². The molecule has 0 saturated heterocycles. The lowest BCUT2D eigenvalue weighted by Crippen LogP contribution is -2.26. The van der Waals surface area contributed by atoms with E-state index in [0.29, 0.717) is 11.5 Å². The van der Waals surface area contributed by atoms with Crippen LogP contribution in [0.25, 0.3) is 0 Å². The van der Waals surface area contributed by atoms with Crippen molar-refractivity contribution in [2.24, 2.45) is 17.8 Å². The fourth-order valence-electron chi connectivity index (χ4n) is 5.81. The Kier molecular flexibility index (Phi) is 7.37. The maximum absolute atomic E-state index is 11.5. The van der Waals surface area contributed by atoms with E-state index in [2.05, 4.69) is 38.1 Å². The molecule has 2 heteroatoms. The third kappa shape index (κ3) is 5.07. The standard InChI is InChI=1S/C26H38O2/c1-4-5-25(19(3)26(27)28)24-16-14-23(15-17-24)22-12-10-21(11-13-22)20-8-6-18(2)7-9-20/h6-9,21-24H,4-5,10-17H2,1-3H3,(H,27,28). The third-order valence-corrected chi connectivity index (χ3v) is 7.57. The maximum Gasteiger partial charge on any atom is 0.331 e. The van der Waals surface area contributed by atoms with E-state index in [-0.39, 0.29) is 0 Å². The molecule has 2 aliphatic rings. The quantitative estimate of drug-likeness (QED) is 0.525. The molecule has 1 N–H and O–H groups in total. The number of aliphatic carboxylic acids is 1. The van der Waals surface area contributed by atoms with Gasteiger partial charge < -0.3 is 5.11 Å². The molecule has 0 aromatic heterocycles. The number of aryl methyl sites for hydroxylation is 1. The zero-order valence-corrected chi connectivity index (χ0v) is 18.0. The first kappa shape index (κ1) is 21.1. The van der Waals surface area contributed by atoms with Crippen LogP contribution in [0.2, 0.25) is 0 Å². The van der Waals surface area contributed by atoms with Crippen LogP contribution in [0.3, 0.4) is 0 Å². The molecule has 0 unspecified atom stereocenters. The van der Waals surface area contributed by atoms with E-state index in [1.807, 2.05) is 6.92 Å². The van der Waals surface area contributed by atoms with E-state index in [4.69, 9.17) is 0 Å². The molecule has 1 aromatic carbocycles. The number of hydrogen-bond acceptors (Lipinski definition) is 1. The van der Waals surface area contributed by atoms with Crippen LogP contribution in [0.5, 0.6) is 0 Å². The van der Waals surface area contributed by atoms with Crippen LogP contribution in [0.4, 0.5) is 0 Å². The molecule has 154 valence electrons. The Morgan fingerprint density at radius 3 is 1.96 bits per heavy atom. The summed E-state index contributed by atoms with van der Waals surface area (Å²) in [5, 5.41) is 9.44. The van der Waals surface area contributed by atoms with Crippen molar-refractivity contribution in [3.05, 3.63) is 46.5 Å². The Morgan fingerprint density at radius 2 is 1.46 bits per heavy atom. The van der Waals surface area contributed by atoms with Gasteiger partial charge in [0.25, 0.3) is 0 Å². The highest BCUT2D eigenvalue weighted by Gasteiger charge is 2.32. The van der Waals surface area contributed by atoms with Gasteiger partial charge in [0.15, 0.2) is 0 Å². The third-order valence-electron chi connectivity index (χ3n) is 7.57. The Hall–Kier alpha value is -1.57. The maximum atomic E-state index is 11.5. The van der Waals surface area contributed by atoms with Crippen molar-refractivity contribution in [2.75, 3.05) is 0 Å². The van der Waals surface area contributed by atoms with Gasteiger partial charge in [-0.1, -0.05) is 48.7 Å². The van der Waals surface area contributed by atoms with Gasteiger partial charge in [0.2, 0.25) is 0 Å². The summed E-state index contributed by atoms with van der Waals surface area (Å²) in [6.07, 6.45) is 12.4. The minimum atomic E-state index is -0.722. The Bertz CT molecular complexity index is 669. The molecule has 2 fully saturated rings. The lowest BCUT2D eigenvalue weighted by molar-refractivity contribution is -0.132. The van der Waals surface area contributed by atoms with Gasteiger partial charge in [-0.2, -0.15) is 0 Å². The van der Waals surface area contributed by atoms with Crippen LogP contribution < -0.4 is 0 Å². The molecular formula is C26H38O2. The molecule has 28 heavy (non-hydrogen) atoms. The van der Waals surface area contributed by atoms with Gasteiger partial charge in [-0.25, -0.2) is 4.79 Å². The molecule has 2 aliphatic carbocycles. The monoisotopic (exact) mass is 382 g/mol. The highest BCUT2D eigenvalue weighted by molar-refractivity contribution is 5.86. The van der Waals surface area contributed by atoms with Crippen molar-refractivity contribution in [1.82, 2.24) is 0 Å². The summed E-state index contributed by atoms with van der Waals surface area (Å²) in [6.45, 7) is 6.13. The summed E-state index contributed by atoms with van der Waals surface area (Å²) >= 11 is 0. The number of carbonyl (C=O) groups is 1. The van der Waals surface area contributed by atoms with Crippen molar-refractivity contribution >= 4 is 5.97 Å². The molecule has 2 saturated carbocycles. The zero-order valence-electron chi connectivity index (χ0n) is 18.0. The highest BCUT2D eigenvalue weighted by atomic mass is 16.4. The van der Waals surface area contributed by atoms with Crippen molar-refractivity contribution in [1.29, 1.82) is 0 Å². The van der Waals surface area contributed by atoms with Gasteiger partial charge in [-0.3, -0.25) is 0 Å². The summed E-state index contributed by atoms with van der Waals surface area (Å²) in [5.74, 6) is 2.30. The van der Waals surface area contributed by atoms with Crippen LogP contribution in [-0.4, -0.2) is 11.1 Å². The molecule has 3 rings (SSSR count). The fraction of sp³-hybridized carbons (Fsp3) is 0.654. The molecule has 0 spiro atoms. The van der Waals surface area contributed by atoms with Gasteiger partial charge in [0.05, 0.1) is 0 Å². The van der Waals surface area contributed by atoms with E-state index in [1.165, 1.54) is 68.1 Å². The van der Waals surface area contributed by atoms with Crippen LogP contribution in [0, 0.1) is 24.7 Å². The summed E-state index contributed by atoms with van der Waals surface area (Å²) in [7, 11) is 0. The Balaban J connectivity index is 1.52. The van der Waals surface area contributed by atoms with Gasteiger partial charge in [-0.15, -0.1) is 0 Å². The minimum Gasteiger partial charge on any atom is -0.478 e. The number of benzene rings is 1. The SMILES string of the molecule is CCCC(=C(C)C(=O)O)C1CCC(C2CCC(c3ccc(C)cc3)CC2)CC1. The minimum absolute atomic E-state index is 0.510. The highest BCUT2D eigenvalue weighted by Crippen LogP contribution is 2.45. The number of allylic oxidation sites excluding steroid dienone is 1. The average Bonchev–Trinajstić information content (AvgIpc) is 2.72. The lowest BCUT2D eigenvalue weighted by Gasteiger charge is -2.38. The largest absolute Gasteiger partial charge is 0.478 e. The molecule has 0 bridgehead atoms. The molecule has 0 heterocycles. The first-order valence-electron chi connectivity index (χ1n) is 11.5. The van der Waals surface area contributed by atoms with Gasteiger partial charge in [0.1, 0.15) is 0 Å². The normalized spacial score (nSPS) is 29.2. The molecule has 2 nitrogen and oxygen atoms in total. The first-order valence-corrected chi connectivity index (χ1v) is 11.5. The lowest BCUT2D eigenvalue weighted by atomic mass is 9.67. The summed E-state index contributed by atoms with van der Waals surface area (Å²) < 4.78 is 0. The van der Waals surface area contributed by atoms with Crippen molar-refractivity contribution in [2.45, 2.75) is 90.9 Å². The van der Waals surface area contributed by atoms with Gasteiger partial charge in [-0.05, 0) is 101 Å². The fourth-order valence-corrected chi connectivity index (χ4v) is 5.81. The van der Waals surface area contributed by atoms with E-state index in [1.54, 1.807) is 0 Å². The Labute approximate surface area is 171 Å². The molecular weight excluding hydrogens is 344 g/mol. The molecule has 0 amide bonds. The van der Waals surface area contributed by atoms with Crippen LogP contribution in [0.15, 0.2) is 35.4 Å². The van der Waals surface area contributed by atoms with Crippen LogP contribution in [0.1, 0.15) is 95.1 Å². The number of carboxylic acids is 1. The molecule has 0 radical (unpaired) electrons. The number of carboxylic acid groups (broad SMARTS) is 1. The number of rotatable bonds is 6. The first-order chi connectivity index (χ1) is 13.5. The summed E-state index contributed by atoms with van der Waals surface area (Å²) in [4.78, 5) is 11.5. The van der Waals surface area contributed by atoms with E-state index < -0.39 is 5.97 Å². The van der Waals surface area contributed by atoms with Crippen molar-refractivity contribution < 1.29 is 9.90 Å². The van der Waals surface area contributed by atoms with Gasteiger partial charge in [0, 0.05) is 5.57 Å². The summed E-state index contributed by atoms with van der Waals surface area (Å²) in [6, 6.07) is 9.17. The van der Waals surface area contributed by atoms with Crippen LogP contribution in [-0.2, 0) is 4.79 Å². The van der Waals surface area contributed by atoms with Crippen molar-refractivity contribution in [3.63, 3.8) is 0 Å². The van der Waals surface area contributed by atoms with Gasteiger partial charge >= 0.3 is 5.97 Å². The predicted octanol–water partition coefficient (Wildman–Crippen LogP) is 7.28.